The molecule has 0 aliphatic carbocycles. The normalized spacial score (nSPS) is 10.8. The van der Waals surface area contributed by atoms with Crippen molar-refractivity contribution in [1.82, 2.24) is 9.69 Å². The molecule has 7 nitrogen and oxygen atoms in total. The van der Waals surface area contributed by atoms with Gasteiger partial charge in [-0.3, -0.25) is 10.1 Å². The Morgan fingerprint density at radius 2 is 1.96 bits per heavy atom. The number of aryl methyl sites for hydroxylation is 1. The molecular formula is C17H19F3N4O3S. The minimum atomic E-state index is -1.39. The van der Waals surface area contributed by atoms with E-state index in [1.165, 1.54) is 6.92 Å². The largest absolute Gasteiger partial charge is 0.471 e. The van der Waals surface area contributed by atoms with Crippen LogP contribution in [0.25, 0.3) is 0 Å². The zero-order valence-electron chi connectivity index (χ0n) is 15.4. The van der Waals surface area contributed by atoms with E-state index in [0.29, 0.717) is 18.1 Å². The fourth-order valence-corrected chi connectivity index (χ4v) is 2.88. The van der Waals surface area contributed by atoms with E-state index in [2.05, 4.69) is 15.0 Å². The maximum Gasteiger partial charge on any atom is 0.319 e. The highest BCUT2D eigenvalue weighted by atomic mass is 32.1. The van der Waals surface area contributed by atoms with Gasteiger partial charge in [-0.15, -0.1) is 0 Å². The van der Waals surface area contributed by atoms with Crippen LogP contribution in [0.4, 0.5) is 23.0 Å². The maximum absolute atomic E-state index is 13.9. The summed E-state index contributed by atoms with van der Waals surface area (Å²) >= 11 is 0.707. The van der Waals surface area contributed by atoms with Crippen molar-refractivity contribution in [3.8, 4) is 5.88 Å². The molecule has 4 N–H and O–H groups in total. The summed E-state index contributed by atoms with van der Waals surface area (Å²) in [6.45, 7) is 4.70. The van der Waals surface area contributed by atoms with Gasteiger partial charge in [0, 0.05) is 6.54 Å². The number of nitrogens with zero attached hydrogens (tertiary/aromatic N) is 1. The van der Waals surface area contributed by atoms with Gasteiger partial charge in [-0.25, -0.2) is 18.0 Å². The molecule has 11 heteroatoms. The molecule has 0 spiro atoms. The molecule has 152 valence electrons. The smallest absolute Gasteiger partial charge is 0.319 e. The summed E-state index contributed by atoms with van der Waals surface area (Å²) < 4.78 is 50.5. The number of hydrogen-bond acceptors (Lipinski definition) is 5. The van der Waals surface area contributed by atoms with E-state index in [4.69, 9.17) is 10.5 Å². The second kappa shape index (κ2) is 8.91. The van der Waals surface area contributed by atoms with Gasteiger partial charge in [-0.2, -0.15) is 4.37 Å². The average Bonchev–Trinajstić information content (AvgIpc) is 3.00. The molecule has 1 aromatic carbocycles. The number of anilines is 1. The molecule has 3 amide bonds. The third kappa shape index (κ3) is 4.91. The van der Waals surface area contributed by atoms with Gasteiger partial charge in [-0.1, -0.05) is 13.8 Å². The predicted molar refractivity (Wildman–Crippen MR) is 97.9 cm³/mol. The summed E-state index contributed by atoms with van der Waals surface area (Å²) in [5.74, 6) is -4.66. The Morgan fingerprint density at radius 3 is 2.57 bits per heavy atom. The van der Waals surface area contributed by atoms with E-state index in [-0.39, 0.29) is 27.9 Å². The molecule has 0 saturated heterocycles. The number of carbonyl (C=O) groups is 2. The number of hydrogen-bond donors (Lipinski definition) is 3. The maximum atomic E-state index is 13.9. The molecule has 0 fully saturated rings. The zero-order valence-corrected chi connectivity index (χ0v) is 16.2. The van der Waals surface area contributed by atoms with Crippen LogP contribution in [-0.2, 0) is 6.61 Å². The predicted octanol–water partition coefficient (Wildman–Crippen LogP) is 3.32. The van der Waals surface area contributed by atoms with Crippen LogP contribution < -0.4 is 21.1 Å². The van der Waals surface area contributed by atoms with Crippen LogP contribution in [0.2, 0.25) is 0 Å². The molecule has 1 aromatic heterocycles. The van der Waals surface area contributed by atoms with Gasteiger partial charge < -0.3 is 15.8 Å². The van der Waals surface area contributed by atoms with E-state index < -0.39 is 41.6 Å². The van der Waals surface area contributed by atoms with Gasteiger partial charge >= 0.3 is 6.03 Å². The number of nitrogens with one attached hydrogen (secondary N) is 2. The van der Waals surface area contributed by atoms with Gasteiger partial charge in [0.15, 0.2) is 11.6 Å². The van der Waals surface area contributed by atoms with Crippen molar-refractivity contribution in [2.75, 3.05) is 11.9 Å². The third-order valence-corrected chi connectivity index (χ3v) is 4.34. The molecule has 0 aliphatic heterocycles. The minimum Gasteiger partial charge on any atom is -0.471 e. The number of primary amides is 1. The average molecular weight is 416 g/mol. The van der Waals surface area contributed by atoms with E-state index in [9.17, 15) is 22.8 Å². The quantitative estimate of drug-likeness (QED) is 0.602. The van der Waals surface area contributed by atoms with Gasteiger partial charge in [0.2, 0.25) is 5.88 Å². The first-order chi connectivity index (χ1) is 13.1. The highest BCUT2D eigenvalue weighted by molar-refractivity contribution is 7.11. The molecule has 28 heavy (non-hydrogen) atoms. The van der Waals surface area contributed by atoms with Crippen LogP contribution in [0.15, 0.2) is 6.07 Å². The van der Waals surface area contributed by atoms with E-state index in [0.717, 1.165) is 6.07 Å². The summed E-state index contributed by atoms with van der Waals surface area (Å²) in [6.07, 6.45) is 0. The Labute approximate surface area is 163 Å². The van der Waals surface area contributed by atoms with E-state index in [1.807, 2.05) is 13.8 Å². The van der Waals surface area contributed by atoms with Gasteiger partial charge in [0.25, 0.3) is 5.91 Å². The SMILES string of the molecule is Cc1cc(F)c(COc2nsc(NC(=O)NCC(C)C)c2C(N)=O)c(F)c1F. The highest BCUT2D eigenvalue weighted by Gasteiger charge is 2.24. The lowest BCUT2D eigenvalue weighted by atomic mass is 10.1. The first-order valence-electron chi connectivity index (χ1n) is 8.21. The summed E-state index contributed by atoms with van der Waals surface area (Å²) in [4.78, 5) is 23.6. The number of nitrogens with two attached hydrogens (primary N) is 1. The van der Waals surface area contributed by atoms with Crippen LogP contribution in [0.1, 0.15) is 35.3 Å². The molecule has 0 unspecified atom stereocenters. The fourth-order valence-electron chi connectivity index (χ4n) is 2.14. The van der Waals surface area contributed by atoms with Crippen molar-refractivity contribution >= 4 is 28.5 Å². The van der Waals surface area contributed by atoms with Crippen molar-refractivity contribution in [3.05, 3.63) is 40.2 Å². The summed E-state index contributed by atoms with van der Waals surface area (Å²) in [5, 5.41) is 5.02. The van der Waals surface area contributed by atoms with E-state index >= 15 is 0 Å². The van der Waals surface area contributed by atoms with Crippen molar-refractivity contribution in [3.63, 3.8) is 0 Å². The first kappa shape index (κ1) is 21.5. The molecule has 0 radical (unpaired) electrons. The minimum absolute atomic E-state index is 0.0137. The first-order valence-corrected chi connectivity index (χ1v) is 8.99. The monoisotopic (exact) mass is 416 g/mol. The van der Waals surface area contributed by atoms with Gasteiger partial charge in [-0.05, 0) is 36.0 Å². The molecule has 1 heterocycles. The molecule has 0 atom stereocenters. The molecular weight excluding hydrogens is 397 g/mol. The van der Waals surface area contributed by atoms with Gasteiger partial charge in [0.05, 0.1) is 5.56 Å². The van der Waals surface area contributed by atoms with Crippen LogP contribution >= 0.6 is 11.5 Å². The Kier molecular flexibility index (Phi) is 6.84. The van der Waals surface area contributed by atoms with Crippen molar-refractivity contribution in [2.24, 2.45) is 11.7 Å². The van der Waals surface area contributed by atoms with Crippen molar-refractivity contribution in [2.45, 2.75) is 27.4 Å². The summed E-state index contributed by atoms with van der Waals surface area (Å²) in [5.41, 5.74) is 4.20. The number of aromatic nitrogens is 1. The summed E-state index contributed by atoms with van der Waals surface area (Å²) in [6, 6.07) is 0.253. The van der Waals surface area contributed by atoms with Gasteiger partial charge in [0.1, 0.15) is 23.0 Å². The Morgan fingerprint density at radius 1 is 1.29 bits per heavy atom. The molecule has 2 rings (SSSR count). The Balaban J connectivity index is 2.19. The number of rotatable bonds is 7. The number of amides is 3. The zero-order chi connectivity index (χ0) is 21.0. The second-order valence-electron chi connectivity index (χ2n) is 6.36. The van der Waals surface area contributed by atoms with E-state index in [1.54, 1.807) is 0 Å². The molecule has 0 bridgehead atoms. The van der Waals surface area contributed by atoms with Crippen molar-refractivity contribution in [1.29, 1.82) is 0 Å². The lowest BCUT2D eigenvalue weighted by Gasteiger charge is -2.10. The highest BCUT2D eigenvalue weighted by Crippen LogP contribution is 2.31. The number of carbonyl (C=O) groups excluding carboxylic acids is 2. The van der Waals surface area contributed by atoms with Crippen LogP contribution in [0.3, 0.4) is 0 Å². The Hall–Kier alpha value is -2.82. The Bertz CT molecular complexity index is 902. The number of ether oxygens (including phenoxy) is 1. The third-order valence-electron chi connectivity index (χ3n) is 3.59. The number of urea groups is 1. The molecule has 0 saturated carbocycles. The van der Waals surface area contributed by atoms with Crippen molar-refractivity contribution < 1.29 is 27.5 Å². The number of halogens is 3. The lowest BCUT2D eigenvalue weighted by molar-refractivity contribution is 0.0996. The van der Waals surface area contributed by atoms with Crippen LogP contribution in [0.5, 0.6) is 5.88 Å². The molecule has 0 aliphatic rings. The van der Waals surface area contributed by atoms with Crippen LogP contribution in [-0.4, -0.2) is 22.9 Å². The summed E-state index contributed by atoms with van der Waals surface area (Å²) in [7, 11) is 0. The number of benzene rings is 1. The topological polar surface area (TPSA) is 106 Å². The lowest BCUT2D eigenvalue weighted by Crippen LogP contribution is -2.32. The molecule has 2 aromatic rings. The second-order valence-corrected chi connectivity index (χ2v) is 7.13. The fraction of sp³-hybridized carbons (Fsp3) is 0.353. The standard InChI is InChI=1S/C17H19F3N4O3S/c1-7(2)5-22-17(26)23-16-11(14(21)25)15(24-28-16)27-6-9-10(18)4-8(3)12(19)13(9)20/h4,7H,5-6H2,1-3H3,(H2,21,25)(H2,22,23,26). The van der Waals surface area contributed by atoms with Crippen LogP contribution in [0, 0.1) is 30.3 Å².